The van der Waals surface area contributed by atoms with Gasteiger partial charge in [-0.15, -0.1) is 10.2 Å². The monoisotopic (exact) mass is 368 g/mol. The standard InChI is InChI=1S/C20H21ClN4O/c1-19(2,17(22)26)15-5-3-12-25-16(15)23-24-18(25)20(10-4-11-20)13-6-8-14(21)9-7-13/h3,5-9,12H,4,10-11H2,1-2H3,(H2,22,26). The lowest BCUT2D eigenvalue weighted by Gasteiger charge is -2.41. The second-order valence-electron chi connectivity index (χ2n) is 7.57. The van der Waals surface area contributed by atoms with Gasteiger partial charge in [-0.25, -0.2) is 0 Å². The predicted octanol–water partition coefficient (Wildman–Crippen LogP) is 3.62. The first-order valence-corrected chi connectivity index (χ1v) is 9.15. The third-order valence-corrected chi connectivity index (χ3v) is 6.01. The summed E-state index contributed by atoms with van der Waals surface area (Å²) >= 11 is 6.07. The second kappa shape index (κ2) is 5.81. The summed E-state index contributed by atoms with van der Waals surface area (Å²) in [5.74, 6) is 0.523. The van der Waals surface area contributed by atoms with E-state index in [2.05, 4.69) is 22.3 Å². The average molecular weight is 369 g/mol. The largest absolute Gasteiger partial charge is 0.369 e. The molecule has 6 heteroatoms. The van der Waals surface area contributed by atoms with Gasteiger partial charge >= 0.3 is 0 Å². The number of hydrogen-bond acceptors (Lipinski definition) is 3. The van der Waals surface area contributed by atoms with E-state index in [1.54, 1.807) is 0 Å². The number of halogens is 1. The van der Waals surface area contributed by atoms with Gasteiger partial charge in [-0.3, -0.25) is 9.20 Å². The van der Waals surface area contributed by atoms with E-state index in [0.717, 1.165) is 35.7 Å². The third-order valence-electron chi connectivity index (χ3n) is 5.76. The highest BCUT2D eigenvalue weighted by Crippen LogP contribution is 2.48. The van der Waals surface area contributed by atoms with Crippen molar-refractivity contribution in [2.45, 2.75) is 43.9 Å². The second-order valence-corrected chi connectivity index (χ2v) is 8.01. The molecular formula is C20H21ClN4O. The van der Waals surface area contributed by atoms with Crippen LogP contribution in [-0.4, -0.2) is 20.5 Å². The Bertz CT molecular complexity index is 987. The number of amides is 1. The molecule has 1 fully saturated rings. The summed E-state index contributed by atoms with van der Waals surface area (Å²) in [5.41, 5.74) is 7.30. The van der Waals surface area contributed by atoms with Gasteiger partial charge in [0.2, 0.25) is 5.91 Å². The lowest BCUT2D eigenvalue weighted by Crippen LogP contribution is -2.38. The Morgan fingerprint density at radius 2 is 1.88 bits per heavy atom. The van der Waals surface area contributed by atoms with E-state index in [9.17, 15) is 4.79 Å². The summed E-state index contributed by atoms with van der Waals surface area (Å²) in [6.45, 7) is 3.63. The molecule has 1 aliphatic carbocycles. The van der Waals surface area contributed by atoms with Crippen molar-refractivity contribution >= 4 is 23.2 Å². The number of nitrogens with two attached hydrogens (primary N) is 1. The Hall–Kier alpha value is -2.40. The maximum atomic E-state index is 11.9. The third kappa shape index (κ3) is 2.34. The molecule has 26 heavy (non-hydrogen) atoms. The van der Waals surface area contributed by atoms with Crippen LogP contribution in [0.2, 0.25) is 5.02 Å². The molecule has 0 bridgehead atoms. The predicted molar refractivity (Wildman–Crippen MR) is 101 cm³/mol. The molecular weight excluding hydrogens is 348 g/mol. The molecule has 0 aliphatic heterocycles. The van der Waals surface area contributed by atoms with Crippen molar-refractivity contribution in [2.24, 2.45) is 5.73 Å². The fraction of sp³-hybridized carbons (Fsp3) is 0.350. The summed E-state index contributed by atoms with van der Waals surface area (Å²) in [6, 6.07) is 11.8. The molecule has 3 aromatic rings. The molecule has 2 N–H and O–H groups in total. The number of hydrogen-bond donors (Lipinski definition) is 1. The first kappa shape index (κ1) is 17.0. The lowest BCUT2D eigenvalue weighted by molar-refractivity contribution is -0.122. The highest BCUT2D eigenvalue weighted by Gasteiger charge is 2.44. The Balaban J connectivity index is 1.90. The number of carbonyl (C=O) groups excluding carboxylic acids is 1. The van der Waals surface area contributed by atoms with Crippen LogP contribution in [0.15, 0.2) is 42.6 Å². The van der Waals surface area contributed by atoms with Crippen LogP contribution in [0.1, 0.15) is 50.1 Å². The number of primary amides is 1. The average Bonchev–Trinajstić information content (AvgIpc) is 3.00. The quantitative estimate of drug-likeness (QED) is 0.764. The van der Waals surface area contributed by atoms with Crippen LogP contribution in [0, 0.1) is 0 Å². The zero-order valence-corrected chi connectivity index (χ0v) is 15.6. The highest BCUT2D eigenvalue weighted by atomic mass is 35.5. The number of pyridine rings is 1. The van der Waals surface area contributed by atoms with E-state index in [1.165, 1.54) is 5.56 Å². The van der Waals surface area contributed by atoms with Gasteiger partial charge in [0.25, 0.3) is 0 Å². The minimum absolute atomic E-state index is 0.167. The van der Waals surface area contributed by atoms with Crippen molar-refractivity contribution in [2.75, 3.05) is 0 Å². The Kier molecular flexibility index (Phi) is 3.81. The topological polar surface area (TPSA) is 73.3 Å². The van der Waals surface area contributed by atoms with Gasteiger partial charge in [-0.05, 0) is 50.5 Å². The maximum absolute atomic E-state index is 11.9. The zero-order valence-electron chi connectivity index (χ0n) is 14.9. The summed E-state index contributed by atoms with van der Waals surface area (Å²) < 4.78 is 2.01. The van der Waals surface area contributed by atoms with Crippen molar-refractivity contribution in [3.8, 4) is 0 Å². The van der Waals surface area contributed by atoms with E-state index in [-0.39, 0.29) is 11.3 Å². The van der Waals surface area contributed by atoms with Gasteiger partial charge in [-0.2, -0.15) is 0 Å². The minimum Gasteiger partial charge on any atom is -0.369 e. The molecule has 2 aromatic heterocycles. The van der Waals surface area contributed by atoms with Crippen LogP contribution >= 0.6 is 11.6 Å². The molecule has 0 saturated heterocycles. The molecule has 2 heterocycles. The van der Waals surface area contributed by atoms with Gasteiger partial charge in [-0.1, -0.05) is 36.2 Å². The fourth-order valence-electron chi connectivity index (χ4n) is 3.80. The minimum atomic E-state index is -0.820. The van der Waals surface area contributed by atoms with Gasteiger partial charge in [0.15, 0.2) is 5.65 Å². The Morgan fingerprint density at radius 3 is 2.46 bits per heavy atom. The summed E-state index contributed by atoms with van der Waals surface area (Å²) in [4.78, 5) is 11.9. The van der Waals surface area contributed by atoms with Crippen molar-refractivity contribution in [3.63, 3.8) is 0 Å². The number of benzene rings is 1. The van der Waals surface area contributed by atoms with Crippen molar-refractivity contribution in [1.82, 2.24) is 14.6 Å². The Labute approximate surface area is 157 Å². The van der Waals surface area contributed by atoms with Crippen LogP contribution in [0.5, 0.6) is 0 Å². The van der Waals surface area contributed by atoms with Crippen LogP contribution in [0.4, 0.5) is 0 Å². The molecule has 0 radical (unpaired) electrons. The number of nitrogens with zero attached hydrogens (tertiary/aromatic N) is 3. The highest BCUT2D eigenvalue weighted by molar-refractivity contribution is 6.30. The van der Waals surface area contributed by atoms with Gasteiger partial charge in [0.05, 0.1) is 10.8 Å². The van der Waals surface area contributed by atoms with Crippen LogP contribution in [0.3, 0.4) is 0 Å². The zero-order chi connectivity index (χ0) is 18.5. The molecule has 134 valence electrons. The van der Waals surface area contributed by atoms with Crippen molar-refractivity contribution in [1.29, 1.82) is 0 Å². The number of rotatable bonds is 4. The van der Waals surface area contributed by atoms with Gasteiger partial charge < -0.3 is 5.73 Å². The number of aromatic nitrogens is 3. The van der Waals surface area contributed by atoms with Crippen LogP contribution in [0.25, 0.3) is 5.65 Å². The molecule has 1 saturated carbocycles. The van der Waals surface area contributed by atoms with E-state index in [0.29, 0.717) is 5.65 Å². The molecule has 0 unspecified atom stereocenters. The molecule has 1 aromatic carbocycles. The molecule has 0 atom stereocenters. The maximum Gasteiger partial charge on any atom is 0.227 e. The lowest BCUT2D eigenvalue weighted by atomic mass is 9.64. The SMILES string of the molecule is CC(C)(C(N)=O)c1cccn2c(C3(c4ccc(Cl)cc4)CCC3)nnc12. The smallest absolute Gasteiger partial charge is 0.227 e. The summed E-state index contributed by atoms with van der Waals surface area (Å²) in [7, 11) is 0. The normalized spacial score (nSPS) is 16.4. The van der Waals surface area contributed by atoms with E-state index in [4.69, 9.17) is 17.3 Å². The molecule has 1 amide bonds. The van der Waals surface area contributed by atoms with E-state index < -0.39 is 5.41 Å². The van der Waals surface area contributed by atoms with E-state index in [1.807, 2.05) is 48.7 Å². The van der Waals surface area contributed by atoms with Crippen LogP contribution in [-0.2, 0) is 15.6 Å². The molecule has 4 rings (SSSR count). The fourth-order valence-corrected chi connectivity index (χ4v) is 3.93. The first-order valence-electron chi connectivity index (χ1n) is 8.77. The molecule has 1 aliphatic rings. The summed E-state index contributed by atoms with van der Waals surface area (Å²) in [5, 5.41) is 9.71. The van der Waals surface area contributed by atoms with Crippen molar-refractivity contribution in [3.05, 3.63) is 64.6 Å². The summed E-state index contributed by atoms with van der Waals surface area (Å²) in [6.07, 6.45) is 5.13. The number of fused-ring (bicyclic) bond motifs is 1. The molecule has 0 spiro atoms. The number of carbonyl (C=O) groups is 1. The molecule has 5 nitrogen and oxygen atoms in total. The van der Waals surface area contributed by atoms with Crippen molar-refractivity contribution < 1.29 is 4.79 Å². The first-order chi connectivity index (χ1) is 12.4. The van der Waals surface area contributed by atoms with Gasteiger partial charge in [0.1, 0.15) is 5.82 Å². The van der Waals surface area contributed by atoms with E-state index >= 15 is 0 Å². The van der Waals surface area contributed by atoms with Gasteiger partial charge in [0, 0.05) is 16.8 Å². The van der Waals surface area contributed by atoms with Crippen LogP contribution < -0.4 is 5.73 Å². The Morgan fingerprint density at radius 1 is 1.19 bits per heavy atom.